The first kappa shape index (κ1) is 12.3. The van der Waals surface area contributed by atoms with Gasteiger partial charge >= 0.3 is 0 Å². The van der Waals surface area contributed by atoms with Crippen LogP contribution < -0.4 is 0 Å². The number of nitrogens with one attached hydrogen (secondary N) is 2. The zero-order chi connectivity index (χ0) is 14.4. The van der Waals surface area contributed by atoms with Gasteiger partial charge in [0.2, 0.25) is 0 Å². The number of rotatable bonds is 2. The van der Waals surface area contributed by atoms with Gasteiger partial charge in [-0.3, -0.25) is 0 Å². The van der Waals surface area contributed by atoms with Crippen molar-refractivity contribution in [1.82, 2.24) is 9.97 Å². The molecule has 2 heterocycles. The highest BCUT2D eigenvalue weighted by Gasteiger charge is 2.15. The first-order valence-electron chi connectivity index (χ1n) is 7.37. The van der Waals surface area contributed by atoms with Crippen LogP contribution in [-0.2, 0) is 0 Å². The van der Waals surface area contributed by atoms with E-state index < -0.39 is 0 Å². The molecule has 104 valence electrons. The Hall–Kier alpha value is -2.48. The van der Waals surface area contributed by atoms with Gasteiger partial charge in [0.05, 0.1) is 0 Å². The van der Waals surface area contributed by atoms with Gasteiger partial charge in [-0.2, -0.15) is 0 Å². The Bertz CT molecular complexity index is 927. The van der Waals surface area contributed by atoms with Crippen LogP contribution in [-0.4, -0.2) is 9.97 Å². The zero-order valence-electron chi connectivity index (χ0n) is 12.3. The lowest BCUT2D eigenvalue weighted by Gasteiger charge is -2.08. The fourth-order valence-electron chi connectivity index (χ4n) is 3.13. The lowest BCUT2D eigenvalue weighted by molar-refractivity contribution is 0.896. The molecule has 0 saturated heterocycles. The van der Waals surface area contributed by atoms with E-state index in [4.69, 9.17) is 0 Å². The molecule has 2 heteroatoms. The summed E-state index contributed by atoms with van der Waals surface area (Å²) in [5.74, 6) is 0.342. The van der Waals surface area contributed by atoms with Crippen LogP contribution >= 0.6 is 0 Å². The van der Waals surface area contributed by atoms with Crippen molar-refractivity contribution in [2.75, 3.05) is 0 Å². The fraction of sp³-hybridized carbons (Fsp3) is 0.158. The number of H-pyrrole nitrogens is 2. The smallest absolute Gasteiger partial charge is 0.0457 e. The summed E-state index contributed by atoms with van der Waals surface area (Å²) in [4.78, 5) is 6.93. The van der Waals surface area contributed by atoms with Crippen molar-refractivity contribution in [3.8, 4) is 0 Å². The van der Waals surface area contributed by atoms with Crippen LogP contribution in [0.3, 0.4) is 0 Å². The van der Waals surface area contributed by atoms with E-state index in [2.05, 4.69) is 78.5 Å². The van der Waals surface area contributed by atoms with Crippen LogP contribution in [0.2, 0.25) is 0 Å². The third-order valence-corrected chi connectivity index (χ3v) is 4.35. The second-order valence-electron chi connectivity index (χ2n) is 5.83. The van der Waals surface area contributed by atoms with Gasteiger partial charge in [0.1, 0.15) is 0 Å². The molecule has 0 saturated carbocycles. The third kappa shape index (κ3) is 1.95. The number of aryl methyl sites for hydroxylation is 1. The molecule has 0 amide bonds. The summed E-state index contributed by atoms with van der Waals surface area (Å²) in [5.41, 5.74) is 6.32. The maximum absolute atomic E-state index is 3.56. The van der Waals surface area contributed by atoms with Crippen LogP contribution in [0, 0.1) is 6.92 Å². The average Bonchev–Trinajstić information content (AvgIpc) is 3.09. The van der Waals surface area contributed by atoms with Crippen LogP contribution in [0.25, 0.3) is 21.8 Å². The van der Waals surface area contributed by atoms with Gasteiger partial charge in [0, 0.05) is 34.2 Å². The molecule has 2 N–H and O–H groups in total. The highest BCUT2D eigenvalue weighted by Crippen LogP contribution is 2.31. The first-order valence-corrected chi connectivity index (χ1v) is 7.37. The minimum absolute atomic E-state index is 0.342. The Balaban J connectivity index is 1.83. The standard InChI is InChI=1S/C19H18N2/c1-12-7-8-17-14(9-12)10-19(21-17)13(2)16-11-20-18-6-4-3-5-15(16)18/h3-11,13,20-21H,1-2H3. The second kappa shape index (κ2) is 4.52. The Morgan fingerprint density at radius 2 is 1.81 bits per heavy atom. The van der Waals surface area contributed by atoms with Gasteiger partial charge in [-0.15, -0.1) is 0 Å². The monoisotopic (exact) mass is 274 g/mol. The number of aromatic amines is 2. The van der Waals surface area contributed by atoms with Crippen molar-refractivity contribution in [2.24, 2.45) is 0 Å². The maximum atomic E-state index is 3.56. The maximum Gasteiger partial charge on any atom is 0.0457 e. The number of benzene rings is 2. The topological polar surface area (TPSA) is 31.6 Å². The van der Waals surface area contributed by atoms with Crippen molar-refractivity contribution in [1.29, 1.82) is 0 Å². The lowest BCUT2D eigenvalue weighted by atomic mass is 9.97. The van der Waals surface area contributed by atoms with Gasteiger partial charge in [-0.05, 0) is 42.1 Å². The molecule has 0 aliphatic rings. The third-order valence-electron chi connectivity index (χ3n) is 4.35. The second-order valence-corrected chi connectivity index (χ2v) is 5.83. The van der Waals surface area contributed by atoms with Crippen LogP contribution in [0.5, 0.6) is 0 Å². The molecule has 0 spiro atoms. The predicted octanol–water partition coefficient (Wildman–Crippen LogP) is 5.11. The molecule has 4 aromatic rings. The molecule has 0 fully saturated rings. The Morgan fingerprint density at radius 1 is 0.952 bits per heavy atom. The quantitative estimate of drug-likeness (QED) is 0.509. The number of hydrogen-bond donors (Lipinski definition) is 2. The molecule has 4 rings (SSSR count). The molecule has 21 heavy (non-hydrogen) atoms. The molecular formula is C19H18N2. The van der Waals surface area contributed by atoms with E-state index in [0.29, 0.717) is 5.92 Å². The van der Waals surface area contributed by atoms with E-state index in [9.17, 15) is 0 Å². The summed E-state index contributed by atoms with van der Waals surface area (Å²) in [6.07, 6.45) is 2.13. The van der Waals surface area contributed by atoms with Crippen LogP contribution in [0.1, 0.15) is 29.7 Å². The summed E-state index contributed by atoms with van der Waals surface area (Å²) in [7, 11) is 0. The summed E-state index contributed by atoms with van der Waals surface area (Å²) in [6.45, 7) is 4.39. The lowest BCUT2D eigenvalue weighted by Crippen LogP contribution is -1.94. The summed E-state index contributed by atoms with van der Waals surface area (Å²) >= 11 is 0. The highest BCUT2D eigenvalue weighted by atomic mass is 14.7. The van der Waals surface area contributed by atoms with Gasteiger partial charge < -0.3 is 9.97 Å². The summed E-state index contributed by atoms with van der Waals surface area (Å²) in [5, 5.41) is 2.59. The molecule has 0 aliphatic carbocycles. The molecule has 2 nitrogen and oxygen atoms in total. The number of fused-ring (bicyclic) bond motifs is 2. The van der Waals surface area contributed by atoms with Crippen molar-refractivity contribution in [3.05, 3.63) is 71.5 Å². The van der Waals surface area contributed by atoms with E-state index in [1.54, 1.807) is 0 Å². The molecule has 2 aromatic carbocycles. The molecule has 0 aliphatic heterocycles. The molecule has 0 bridgehead atoms. The fourth-order valence-corrected chi connectivity index (χ4v) is 3.13. The number of para-hydroxylation sites is 1. The Kier molecular flexibility index (Phi) is 2.64. The van der Waals surface area contributed by atoms with Crippen LogP contribution in [0.4, 0.5) is 0 Å². The zero-order valence-corrected chi connectivity index (χ0v) is 12.3. The number of hydrogen-bond acceptors (Lipinski definition) is 0. The van der Waals surface area contributed by atoms with Crippen LogP contribution in [0.15, 0.2) is 54.7 Å². The van der Waals surface area contributed by atoms with E-state index in [1.807, 2.05) is 0 Å². The summed E-state index contributed by atoms with van der Waals surface area (Å²) in [6, 6.07) is 17.3. The van der Waals surface area contributed by atoms with Gasteiger partial charge in [0.25, 0.3) is 0 Å². The minimum atomic E-state index is 0.342. The summed E-state index contributed by atoms with van der Waals surface area (Å²) < 4.78 is 0. The molecular weight excluding hydrogens is 256 g/mol. The molecule has 1 unspecified atom stereocenters. The highest BCUT2D eigenvalue weighted by molar-refractivity contribution is 5.85. The predicted molar refractivity (Wildman–Crippen MR) is 88.9 cm³/mol. The molecule has 1 atom stereocenters. The Morgan fingerprint density at radius 3 is 2.71 bits per heavy atom. The van der Waals surface area contributed by atoms with Gasteiger partial charge in [0.15, 0.2) is 0 Å². The Labute approximate surface area is 123 Å². The van der Waals surface area contributed by atoms with Gasteiger partial charge in [-0.25, -0.2) is 0 Å². The van der Waals surface area contributed by atoms with E-state index in [0.717, 1.165) is 0 Å². The molecule has 2 aromatic heterocycles. The molecule has 0 radical (unpaired) electrons. The largest absolute Gasteiger partial charge is 0.361 e. The van der Waals surface area contributed by atoms with E-state index in [1.165, 1.54) is 38.6 Å². The van der Waals surface area contributed by atoms with Crippen molar-refractivity contribution < 1.29 is 0 Å². The minimum Gasteiger partial charge on any atom is -0.361 e. The average molecular weight is 274 g/mol. The normalized spacial score (nSPS) is 13.0. The van der Waals surface area contributed by atoms with Crippen molar-refractivity contribution >= 4 is 21.8 Å². The van der Waals surface area contributed by atoms with Crippen molar-refractivity contribution in [2.45, 2.75) is 19.8 Å². The first-order chi connectivity index (χ1) is 10.2. The van der Waals surface area contributed by atoms with E-state index >= 15 is 0 Å². The van der Waals surface area contributed by atoms with Crippen molar-refractivity contribution in [3.63, 3.8) is 0 Å². The SMILES string of the molecule is Cc1ccc2[nH]c(C(C)c3c[nH]c4ccccc34)cc2c1. The number of aromatic nitrogens is 2. The van der Waals surface area contributed by atoms with Gasteiger partial charge in [-0.1, -0.05) is 36.8 Å². The van der Waals surface area contributed by atoms with E-state index in [-0.39, 0.29) is 0 Å².